The lowest BCUT2D eigenvalue weighted by molar-refractivity contribution is 0.0963. The van der Waals surface area contributed by atoms with Gasteiger partial charge >= 0.3 is 0 Å². The molecule has 4 heteroatoms. The molecule has 0 heterocycles. The first-order chi connectivity index (χ1) is 7.67. The molecule has 88 valence electrons. The third kappa shape index (κ3) is 3.64. The third-order valence-electron chi connectivity index (χ3n) is 2.41. The van der Waals surface area contributed by atoms with Crippen molar-refractivity contribution in [2.24, 2.45) is 5.73 Å². The van der Waals surface area contributed by atoms with Gasteiger partial charge in [-0.05, 0) is 24.7 Å². The van der Waals surface area contributed by atoms with Gasteiger partial charge in [-0.15, -0.1) is 0 Å². The van der Waals surface area contributed by atoms with Crippen molar-refractivity contribution < 1.29 is 4.79 Å². The van der Waals surface area contributed by atoms with Crippen molar-refractivity contribution in [3.8, 4) is 0 Å². The van der Waals surface area contributed by atoms with E-state index in [1.165, 1.54) is 5.56 Å². The van der Waals surface area contributed by atoms with E-state index in [2.05, 4.69) is 10.2 Å². The number of hydrogen-bond donors (Lipinski definition) is 2. The molecule has 0 spiro atoms. The summed E-state index contributed by atoms with van der Waals surface area (Å²) in [5.74, 6) is -0.0538. The van der Waals surface area contributed by atoms with E-state index in [1.807, 2.05) is 31.3 Å². The molecule has 16 heavy (non-hydrogen) atoms. The van der Waals surface area contributed by atoms with Crippen LogP contribution in [0.3, 0.4) is 0 Å². The second kappa shape index (κ2) is 6.25. The number of nitrogens with one attached hydrogen (secondary N) is 1. The molecular weight excluding hydrogens is 202 g/mol. The normalized spacial score (nSPS) is 10.5. The number of hydrogen-bond acceptors (Lipinski definition) is 3. The van der Waals surface area contributed by atoms with Crippen LogP contribution in [0, 0.1) is 0 Å². The minimum atomic E-state index is -0.0538. The Morgan fingerprint density at radius 3 is 2.50 bits per heavy atom. The van der Waals surface area contributed by atoms with E-state index in [9.17, 15) is 4.79 Å². The van der Waals surface area contributed by atoms with Crippen molar-refractivity contribution in [3.05, 3.63) is 35.4 Å². The molecule has 4 nitrogen and oxygen atoms in total. The number of rotatable bonds is 5. The van der Waals surface area contributed by atoms with Gasteiger partial charge in [0.05, 0.1) is 0 Å². The molecule has 0 bridgehead atoms. The van der Waals surface area contributed by atoms with E-state index in [4.69, 9.17) is 5.73 Å². The van der Waals surface area contributed by atoms with Crippen molar-refractivity contribution in [3.63, 3.8) is 0 Å². The van der Waals surface area contributed by atoms with Crippen LogP contribution in [-0.4, -0.2) is 38.0 Å². The van der Waals surface area contributed by atoms with Crippen molar-refractivity contribution in [2.75, 3.05) is 27.2 Å². The average molecular weight is 221 g/mol. The zero-order valence-electron chi connectivity index (χ0n) is 9.86. The summed E-state index contributed by atoms with van der Waals surface area (Å²) in [6.45, 7) is 2.38. The Morgan fingerprint density at radius 1 is 1.38 bits per heavy atom. The predicted molar refractivity (Wildman–Crippen MR) is 65.2 cm³/mol. The summed E-state index contributed by atoms with van der Waals surface area (Å²) in [5.41, 5.74) is 7.34. The molecule has 1 rings (SSSR count). The van der Waals surface area contributed by atoms with E-state index < -0.39 is 0 Å². The first-order valence-electron chi connectivity index (χ1n) is 5.37. The Labute approximate surface area is 96.4 Å². The molecule has 0 saturated carbocycles. The first kappa shape index (κ1) is 12.7. The Morgan fingerprint density at radius 2 is 2.00 bits per heavy atom. The highest BCUT2D eigenvalue weighted by Gasteiger charge is 2.03. The monoisotopic (exact) mass is 221 g/mol. The predicted octanol–water partition coefficient (Wildman–Crippen LogP) is 0.437. The topological polar surface area (TPSA) is 58.4 Å². The molecule has 0 fully saturated rings. The summed E-state index contributed by atoms with van der Waals surface area (Å²) in [4.78, 5) is 13.5. The van der Waals surface area contributed by atoms with Gasteiger partial charge in [0.15, 0.2) is 0 Å². The number of likely N-dealkylation sites (N-methyl/N-ethyl adjacent to an activating group) is 1. The van der Waals surface area contributed by atoms with Crippen LogP contribution < -0.4 is 11.1 Å². The zero-order valence-corrected chi connectivity index (χ0v) is 9.86. The molecule has 0 aliphatic heterocycles. The number of nitrogens with zero attached hydrogens (tertiary/aromatic N) is 1. The number of benzene rings is 1. The van der Waals surface area contributed by atoms with Crippen molar-refractivity contribution >= 4 is 5.91 Å². The highest BCUT2D eigenvalue weighted by molar-refractivity contribution is 5.93. The molecule has 0 atom stereocenters. The Hall–Kier alpha value is -1.39. The quantitative estimate of drug-likeness (QED) is 0.758. The summed E-state index contributed by atoms with van der Waals surface area (Å²) in [7, 11) is 3.66. The average Bonchev–Trinajstić information content (AvgIpc) is 2.29. The van der Waals surface area contributed by atoms with Crippen LogP contribution in [0.2, 0.25) is 0 Å². The van der Waals surface area contributed by atoms with Crippen LogP contribution in [0.1, 0.15) is 15.9 Å². The molecule has 0 radical (unpaired) electrons. The highest BCUT2D eigenvalue weighted by Crippen LogP contribution is 2.06. The van der Waals surface area contributed by atoms with Gasteiger partial charge in [0.2, 0.25) is 0 Å². The third-order valence-corrected chi connectivity index (χ3v) is 2.41. The maximum absolute atomic E-state index is 11.3. The summed E-state index contributed by atoms with van der Waals surface area (Å²) < 4.78 is 0. The Bertz CT molecular complexity index is 335. The molecular formula is C12H19N3O. The lowest BCUT2D eigenvalue weighted by Gasteiger charge is -2.15. The molecule has 1 aromatic carbocycles. The van der Waals surface area contributed by atoms with Crippen LogP contribution in [0.4, 0.5) is 0 Å². The fourth-order valence-corrected chi connectivity index (χ4v) is 1.52. The van der Waals surface area contributed by atoms with Gasteiger partial charge in [-0.1, -0.05) is 12.1 Å². The summed E-state index contributed by atoms with van der Waals surface area (Å²) in [6.07, 6.45) is 0. The second-order valence-electron chi connectivity index (χ2n) is 3.80. The lowest BCUT2D eigenvalue weighted by atomic mass is 10.1. The zero-order chi connectivity index (χ0) is 12.0. The van der Waals surface area contributed by atoms with Gasteiger partial charge < -0.3 is 16.0 Å². The maximum Gasteiger partial charge on any atom is 0.251 e. The molecule has 1 amide bonds. The van der Waals surface area contributed by atoms with Crippen LogP contribution in [-0.2, 0) is 6.54 Å². The molecule has 3 N–H and O–H groups in total. The maximum atomic E-state index is 11.3. The fourth-order valence-electron chi connectivity index (χ4n) is 1.52. The molecule has 0 unspecified atom stereocenters. The summed E-state index contributed by atoms with van der Waals surface area (Å²) in [6, 6.07) is 7.62. The fraction of sp³-hybridized carbons (Fsp3) is 0.417. The van der Waals surface area contributed by atoms with E-state index in [1.54, 1.807) is 7.05 Å². The van der Waals surface area contributed by atoms with E-state index in [0.717, 1.165) is 13.1 Å². The Balaban J connectivity index is 2.61. The summed E-state index contributed by atoms with van der Waals surface area (Å²) in [5, 5.41) is 2.60. The van der Waals surface area contributed by atoms with Crippen molar-refractivity contribution in [1.82, 2.24) is 10.2 Å². The SMILES string of the molecule is CNC(=O)c1ccc(CN(C)CCN)cc1. The van der Waals surface area contributed by atoms with Crippen LogP contribution in [0.5, 0.6) is 0 Å². The van der Waals surface area contributed by atoms with Gasteiger partial charge in [0, 0.05) is 32.2 Å². The largest absolute Gasteiger partial charge is 0.355 e. The van der Waals surface area contributed by atoms with Crippen molar-refractivity contribution in [1.29, 1.82) is 0 Å². The van der Waals surface area contributed by atoms with Gasteiger partial charge in [-0.25, -0.2) is 0 Å². The molecule has 0 aliphatic rings. The molecule has 1 aromatic rings. The van der Waals surface area contributed by atoms with Gasteiger partial charge in [0.1, 0.15) is 0 Å². The van der Waals surface area contributed by atoms with Crippen molar-refractivity contribution in [2.45, 2.75) is 6.54 Å². The van der Waals surface area contributed by atoms with E-state index >= 15 is 0 Å². The van der Waals surface area contributed by atoms with Crippen LogP contribution in [0.15, 0.2) is 24.3 Å². The van der Waals surface area contributed by atoms with Crippen LogP contribution >= 0.6 is 0 Å². The standard InChI is InChI=1S/C12H19N3O/c1-14-12(16)11-5-3-10(4-6-11)9-15(2)8-7-13/h3-6H,7-9,13H2,1-2H3,(H,14,16). The van der Waals surface area contributed by atoms with Gasteiger partial charge in [0.25, 0.3) is 5.91 Å². The molecule has 0 aromatic heterocycles. The molecule has 0 aliphatic carbocycles. The minimum Gasteiger partial charge on any atom is -0.355 e. The van der Waals surface area contributed by atoms with Crippen LogP contribution in [0.25, 0.3) is 0 Å². The van der Waals surface area contributed by atoms with E-state index in [0.29, 0.717) is 12.1 Å². The lowest BCUT2D eigenvalue weighted by Crippen LogP contribution is -2.25. The first-order valence-corrected chi connectivity index (χ1v) is 5.37. The Kier molecular flexibility index (Phi) is 4.95. The minimum absolute atomic E-state index is 0.0538. The molecule has 0 saturated heterocycles. The second-order valence-corrected chi connectivity index (χ2v) is 3.80. The highest BCUT2D eigenvalue weighted by atomic mass is 16.1. The number of nitrogens with two attached hydrogens (primary N) is 1. The summed E-state index contributed by atoms with van der Waals surface area (Å²) >= 11 is 0. The smallest absolute Gasteiger partial charge is 0.251 e. The number of carbonyl (C=O) groups is 1. The number of carbonyl (C=O) groups excluding carboxylic acids is 1. The van der Waals surface area contributed by atoms with Gasteiger partial charge in [-0.2, -0.15) is 0 Å². The van der Waals surface area contributed by atoms with E-state index in [-0.39, 0.29) is 5.91 Å². The van der Waals surface area contributed by atoms with Gasteiger partial charge in [-0.3, -0.25) is 4.79 Å². The number of amides is 1.